The van der Waals surface area contributed by atoms with Gasteiger partial charge in [0.25, 0.3) is 0 Å². The molecule has 0 bridgehead atoms. The van der Waals surface area contributed by atoms with Crippen molar-refractivity contribution in [3.63, 3.8) is 0 Å². The first-order chi connectivity index (χ1) is 6.38. The van der Waals surface area contributed by atoms with Crippen LogP contribution < -0.4 is 9.47 Å². The van der Waals surface area contributed by atoms with Gasteiger partial charge in [0.1, 0.15) is 13.2 Å². The van der Waals surface area contributed by atoms with Crippen LogP contribution in [-0.4, -0.2) is 18.2 Å². The fourth-order valence-corrected chi connectivity index (χ4v) is 0.858. The zero-order valence-electron chi connectivity index (χ0n) is 7.45. The maximum atomic E-state index is 5.31. The highest BCUT2D eigenvalue weighted by atomic mass is 16.5. The van der Waals surface area contributed by atoms with Gasteiger partial charge in [-0.05, 0) is 0 Å². The average molecular weight is 179 g/mol. The van der Waals surface area contributed by atoms with Crippen LogP contribution in [0.4, 0.5) is 0 Å². The summed E-state index contributed by atoms with van der Waals surface area (Å²) in [4.78, 5) is 2.90. The first kappa shape index (κ1) is 9.45. The second kappa shape index (κ2) is 5.09. The summed E-state index contributed by atoms with van der Waals surface area (Å²) in [7, 11) is 0. The van der Waals surface area contributed by atoms with Gasteiger partial charge in [-0.3, -0.25) is 0 Å². The Morgan fingerprint density at radius 3 is 1.92 bits per heavy atom. The SMILES string of the molecule is C=CCOc1c[nH]cc1OCC=C. The van der Waals surface area contributed by atoms with Crippen molar-refractivity contribution in [2.75, 3.05) is 13.2 Å². The first-order valence-electron chi connectivity index (χ1n) is 4.02. The van der Waals surface area contributed by atoms with Crippen LogP contribution in [0.15, 0.2) is 37.7 Å². The highest BCUT2D eigenvalue weighted by Gasteiger charge is 2.03. The van der Waals surface area contributed by atoms with Crippen molar-refractivity contribution < 1.29 is 9.47 Å². The van der Waals surface area contributed by atoms with E-state index in [4.69, 9.17) is 9.47 Å². The van der Waals surface area contributed by atoms with E-state index in [0.717, 1.165) is 0 Å². The van der Waals surface area contributed by atoms with Gasteiger partial charge in [-0.15, -0.1) is 0 Å². The highest BCUT2D eigenvalue weighted by molar-refractivity contribution is 5.36. The van der Waals surface area contributed by atoms with E-state index in [-0.39, 0.29) is 0 Å². The van der Waals surface area contributed by atoms with Crippen molar-refractivity contribution in [3.05, 3.63) is 37.7 Å². The molecule has 0 amide bonds. The third-order valence-electron chi connectivity index (χ3n) is 1.39. The van der Waals surface area contributed by atoms with Crippen molar-refractivity contribution in [1.82, 2.24) is 4.98 Å². The van der Waals surface area contributed by atoms with E-state index >= 15 is 0 Å². The Labute approximate surface area is 77.7 Å². The summed E-state index contributed by atoms with van der Waals surface area (Å²) in [5.41, 5.74) is 0. The fraction of sp³-hybridized carbons (Fsp3) is 0.200. The predicted molar refractivity (Wildman–Crippen MR) is 52.2 cm³/mol. The Balaban J connectivity index is 2.54. The molecule has 0 saturated carbocycles. The lowest BCUT2D eigenvalue weighted by Crippen LogP contribution is -1.96. The van der Waals surface area contributed by atoms with Crippen LogP contribution in [0.2, 0.25) is 0 Å². The maximum Gasteiger partial charge on any atom is 0.179 e. The topological polar surface area (TPSA) is 34.2 Å². The molecule has 13 heavy (non-hydrogen) atoms. The standard InChI is InChI=1S/C10H13NO2/c1-3-5-12-9-7-11-8-10(9)13-6-4-2/h3-4,7-8,11H,1-2,5-6H2. The van der Waals surface area contributed by atoms with Crippen LogP contribution >= 0.6 is 0 Å². The summed E-state index contributed by atoms with van der Waals surface area (Å²) in [6.45, 7) is 8.07. The quantitative estimate of drug-likeness (QED) is 0.679. The number of hydrogen-bond acceptors (Lipinski definition) is 2. The Hall–Kier alpha value is -1.64. The maximum absolute atomic E-state index is 5.31. The minimum Gasteiger partial charge on any atom is -0.484 e. The molecule has 1 aromatic rings. The molecule has 0 aliphatic carbocycles. The van der Waals surface area contributed by atoms with E-state index in [1.807, 2.05) is 0 Å². The van der Waals surface area contributed by atoms with Crippen LogP contribution in [0.25, 0.3) is 0 Å². The molecule has 1 rings (SSSR count). The molecule has 0 radical (unpaired) electrons. The average Bonchev–Trinajstić information content (AvgIpc) is 2.59. The van der Waals surface area contributed by atoms with E-state index in [2.05, 4.69) is 18.1 Å². The Bertz CT molecular complexity index is 252. The van der Waals surface area contributed by atoms with E-state index in [9.17, 15) is 0 Å². The summed E-state index contributed by atoms with van der Waals surface area (Å²) in [6, 6.07) is 0. The van der Waals surface area contributed by atoms with E-state index in [1.54, 1.807) is 24.5 Å². The third kappa shape index (κ3) is 2.71. The first-order valence-corrected chi connectivity index (χ1v) is 4.02. The van der Waals surface area contributed by atoms with Crippen LogP contribution in [0.1, 0.15) is 0 Å². The normalized spacial score (nSPS) is 9.23. The van der Waals surface area contributed by atoms with Gasteiger partial charge in [-0.2, -0.15) is 0 Å². The number of rotatable bonds is 6. The molecule has 0 spiro atoms. The monoisotopic (exact) mass is 179 g/mol. The van der Waals surface area contributed by atoms with Gasteiger partial charge in [0, 0.05) is 12.4 Å². The molecule has 0 aliphatic rings. The number of H-pyrrole nitrogens is 1. The summed E-state index contributed by atoms with van der Waals surface area (Å²) in [5.74, 6) is 1.39. The van der Waals surface area contributed by atoms with Crippen LogP contribution in [0.5, 0.6) is 11.5 Å². The third-order valence-corrected chi connectivity index (χ3v) is 1.39. The highest BCUT2D eigenvalue weighted by Crippen LogP contribution is 2.25. The molecule has 0 atom stereocenters. The zero-order chi connectivity index (χ0) is 9.52. The zero-order valence-corrected chi connectivity index (χ0v) is 7.45. The largest absolute Gasteiger partial charge is 0.484 e. The molecule has 0 fully saturated rings. The van der Waals surface area contributed by atoms with Gasteiger partial charge in [0.05, 0.1) is 0 Å². The van der Waals surface area contributed by atoms with Crippen molar-refractivity contribution in [2.24, 2.45) is 0 Å². The Morgan fingerprint density at radius 2 is 1.54 bits per heavy atom. The summed E-state index contributed by atoms with van der Waals surface area (Å²) in [5, 5.41) is 0. The van der Waals surface area contributed by atoms with Gasteiger partial charge >= 0.3 is 0 Å². The minimum atomic E-state index is 0.475. The molecule has 0 unspecified atom stereocenters. The van der Waals surface area contributed by atoms with Gasteiger partial charge in [0.15, 0.2) is 11.5 Å². The van der Waals surface area contributed by atoms with Crippen molar-refractivity contribution in [2.45, 2.75) is 0 Å². The summed E-state index contributed by atoms with van der Waals surface area (Å²) in [6.07, 6.45) is 6.85. The second-order valence-corrected chi connectivity index (χ2v) is 2.38. The number of ether oxygens (including phenoxy) is 2. The van der Waals surface area contributed by atoms with Gasteiger partial charge in [-0.1, -0.05) is 25.3 Å². The smallest absolute Gasteiger partial charge is 0.179 e. The molecule has 0 aliphatic heterocycles. The van der Waals surface area contributed by atoms with Crippen LogP contribution in [0.3, 0.4) is 0 Å². The number of aromatic amines is 1. The molecular formula is C10H13NO2. The second-order valence-electron chi connectivity index (χ2n) is 2.38. The lowest BCUT2D eigenvalue weighted by atomic mass is 10.5. The number of nitrogens with one attached hydrogen (secondary N) is 1. The molecule has 0 saturated heterocycles. The Kier molecular flexibility index (Phi) is 3.70. The Morgan fingerprint density at radius 1 is 1.08 bits per heavy atom. The number of hydrogen-bond donors (Lipinski definition) is 1. The predicted octanol–water partition coefficient (Wildman–Crippen LogP) is 2.14. The molecule has 3 nitrogen and oxygen atoms in total. The minimum absolute atomic E-state index is 0.475. The van der Waals surface area contributed by atoms with E-state index < -0.39 is 0 Å². The van der Waals surface area contributed by atoms with Gasteiger partial charge in [0.2, 0.25) is 0 Å². The van der Waals surface area contributed by atoms with Crippen molar-refractivity contribution >= 4 is 0 Å². The van der Waals surface area contributed by atoms with Gasteiger partial charge < -0.3 is 14.5 Å². The molecule has 1 aromatic heterocycles. The molecular weight excluding hydrogens is 166 g/mol. The summed E-state index contributed by atoms with van der Waals surface area (Å²) < 4.78 is 10.6. The summed E-state index contributed by atoms with van der Waals surface area (Å²) >= 11 is 0. The molecule has 1 heterocycles. The fourth-order valence-electron chi connectivity index (χ4n) is 0.858. The van der Waals surface area contributed by atoms with E-state index in [0.29, 0.717) is 24.7 Å². The van der Waals surface area contributed by atoms with Crippen LogP contribution in [-0.2, 0) is 0 Å². The molecule has 1 N–H and O–H groups in total. The molecule has 70 valence electrons. The number of aromatic nitrogens is 1. The van der Waals surface area contributed by atoms with E-state index in [1.165, 1.54) is 0 Å². The van der Waals surface area contributed by atoms with Crippen molar-refractivity contribution in [1.29, 1.82) is 0 Å². The lowest BCUT2D eigenvalue weighted by molar-refractivity contribution is 0.311. The molecule has 3 heteroatoms. The molecule has 0 aromatic carbocycles. The van der Waals surface area contributed by atoms with Crippen LogP contribution in [0, 0.1) is 0 Å². The van der Waals surface area contributed by atoms with Crippen molar-refractivity contribution in [3.8, 4) is 11.5 Å². The lowest BCUT2D eigenvalue weighted by Gasteiger charge is -2.04. The van der Waals surface area contributed by atoms with Gasteiger partial charge in [-0.25, -0.2) is 0 Å².